The highest BCUT2D eigenvalue weighted by Gasteiger charge is 2.40. The Balaban J connectivity index is 1.58. The van der Waals surface area contributed by atoms with Gasteiger partial charge in [0.1, 0.15) is 22.2 Å². The summed E-state index contributed by atoms with van der Waals surface area (Å²) in [6.45, 7) is 2.01. The Morgan fingerprint density at radius 2 is 1.72 bits per heavy atom. The fourth-order valence-electron chi connectivity index (χ4n) is 3.83. The zero-order valence-electron chi connectivity index (χ0n) is 19.9. The summed E-state index contributed by atoms with van der Waals surface area (Å²) in [5.41, 5.74) is 2.62. The molecule has 184 valence electrons. The molecule has 1 aliphatic rings. The van der Waals surface area contributed by atoms with Crippen LogP contribution in [0.1, 0.15) is 22.8 Å². The molecular weight excluding hydrogens is 482 g/mol. The summed E-state index contributed by atoms with van der Waals surface area (Å²) in [5, 5.41) is 5.54. The van der Waals surface area contributed by atoms with Crippen molar-refractivity contribution in [3.8, 4) is 11.5 Å². The van der Waals surface area contributed by atoms with Gasteiger partial charge in [0, 0.05) is 23.0 Å². The van der Waals surface area contributed by atoms with Crippen molar-refractivity contribution >= 4 is 46.4 Å². The Kier molecular flexibility index (Phi) is 7.26. The predicted octanol–water partition coefficient (Wildman–Crippen LogP) is 4.95. The van der Waals surface area contributed by atoms with Crippen molar-refractivity contribution in [1.29, 1.82) is 0 Å². The molecule has 0 aromatic heterocycles. The van der Waals surface area contributed by atoms with Gasteiger partial charge in [-0.1, -0.05) is 42.8 Å². The number of methoxy groups -OCH3 is 2. The number of carbonyl (C=O) groups is 3. The number of benzene rings is 3. The number of para-hydroxylation sites is 1. The molecule has 0 saturated carbocycles. The highest BCUT2D eigenvalue weighted by Crippen LogP contribution is 2.38. The van der Waals surface area contributed by atoms with Crippen LogP contribution in [0, 0.1) is 0 Å². The van der Waals surface area contributed by atoms with Crippen LogP contribution in [0.2, 0.25) is 0 Å². The van der Waals surface area contributed by atoms with Crippen LogP contribution in [0.25, 0.3) is 0 Å². The molecule has 0 atom stereocenters. The maximum Gasteiger partial charge on any atom is 0.283 e. The van der Waals surface area contributed by atoms with Crippen molar-refractivity contribution in [2.45, 2.75) is 13.3 Å². The standard InChI is InChI=1S/C27H24ClN3O5/c1-4-16-8-5-6-11-20(16)30-25(32)17-9-7-10-18(14-17)29-24-23(28)26(33)31(27(24)34)21-15-19(35-2)12-13-22(21)36-3/h5-15,29H,4H2,1-3H3,(H,30,32). The molecule has 3 aromatic rings. The lowest BCUT2D eigenvalue weighted by atomic mass is 10.1. The third-order valence-corrected chi connectivity index (χ3v) is 6.05. The van der Waals surface area contributed by atoms with Crippen LogP contribution in [0.5, 0.6) is 11.5 Å². The van der Waals surface area contributed by atoms with Crippen molar-refractivity contribution in [3.63, 3.8) is 0 Å². The number of hydrogen-bond acceptors (Lipinski definition) is 6. The van der Waals surface area contributed by atoms with E-state index in [1.165, 1.54) is 20.3 Å². The third-order valence-electron chi connectivity index (χ3n) is 5.69. The SMILES string of the molecule is CCc1ccccc1NC(=O)c1cccc(NC2=C(Cl)C(=O)N(c3cc(OC)ccc3OC)C2=O)c1. The van der Waals surface area contributed by atoms with Gasteiger partial charge in [-0.2, -0.15) is 0 Å². The van der Waals surface area contributed by atoms with Crippen LogP contribution in [0.15, 0.2) is 77.5 Å². The molecule has 0 bridgehead atoms. The van der Waals surface area contributed by atoms with Gasteiger partial charge in [-0.15, -0.1) is 0 Å². The van der Waals surface area contributed by atoms with Crippen molar-refractivity contribution in [2.24, 2.45) is 0 Å². The fourth-order valence-corrected chi connectivity index (χ4v) is 4.04. The molecule has 0 saturated heterocycles. The van der Waals surface area contributed by atoms with Gasteiger partial charge in [-0.3, -0.25) is 14.4 Å². The van der Waals surface area contributed by atoms with E-state index in [9.17, 15) is 14.4 Å². The summed E-state index contributed by atoms with van der Waals surface area (Å²) in [5.74, 6) is -0.943. The smallest absolute Gasteiger partial charge is 0.283 e. The Morgan fingerprint density at radius 1 is 0.944 bits per heavy atom. The lowest BCUT2D eigenvalue weighted by Gasteiger charge is -2.19. The summed E-state index contributed by atoms with van der Waals surface area (Å²) in [6, 6.07) is 18.9. The minimum absolute atomic E-state index is 0.111. The first-order valence-corrected chi connectivity index (χ1v) is 11.5. The van der Waals surface area contributed by atoms with Crippen molar-refractivity contribution < 1.29 is 23.9 Å². The normalized spacial score (nSPS) is 13.2. The molecule has 9 heteroatoms. The first-order chi connectivity index (χ1) is 17.4. The van der Waals surface area contributed by atoms with Crippen LogP contribution in [0.3, 0.4) is 0 Å². The number of hydrogen-bond donors (Lipinski definition) is 2. The zero-order chi connectivity index (χ0) is 25.8. The van der Waals surface area contributed by atoms with E-state index in [1.54, 1.807) is 36.4 Å². The Morgan fingerprint density at radius 3 is 2.44 bits per heavy atom. The van der Waals surface area contributed by atoms with Crippen molar-refractivity contribution in [1.82, 2.24) is 0 Å². The van der Waals surface area contributed by atoms with Crippen molar-refractivity contribution in [3.05, 3.63) is 88.6 Å². The van der Waals surface area contributed by atoms with E-state index in [-0.39, 0.29) is 22.3 Å². The largest absolute Gasteiger partial charge is 0.497 e. The summed E-state index contributed by atoms with van der Waals surface area (Å²) >= 11 is 6.28. The number of carbonyl (C=O) groups excluding carboxylic acids is 3. The van der Waals surface area contributed by atoms with E-state index in [2.05, 4.69) is 10.6 Å². The topological polar surface area (TPSA) is 97.0 Å². The summed E-state index contributed by atoms with van der Waals surface area (Å²) < 4.78 is 10.5. The number of anilines is 3. The number of amides is 3. The van der Waals surface area contributed by atoms with Gasteiger partial charge in [0.2, 0.25) is 0 Å². The molecule has 1 aliphatic heterocycles. The second-order valence-corrected chi connectivity index (χ2v) is 8.22. The quantitative estimate of drug-likeness (QED) is 0.420. The maximum absolute atomic E-state index is 13.3. The summed E-state index contributed by atoms with van der Waals surface area (Å²) in [7, 11) is 2.90. The van der Waals surface area contributed by atoms with Gasteiger partial charge in [0.25, 0.3) is 17.7 Å². The van der Waals surface area contributed by atoms with E-state index in [1.807, 2.05) is 31.2 Å². The minimum Gasteiger partial charge on any atom is -0.497 e. The summed E-state index contributed by atoms with van der Waals surface area (Å²) in [4.78, 5) is 40.0. The number of nitrogens with one attached hydrogen (secondary N) is 2. The first-order valence-electron chi connectivity index (χ1n) is 11.1. The highest BCUT2D eigenvalue weighted by atomic mass is 35.5. The molecule has 0 spiro atoms. The second kappa shape index (κ2) is 10.5. The van der Waals surface area contributed by atoms with Gasteiger partial charge < -0.3 is 20.1 Å². The monoisotopic (exact) mass is 505 g/mol. The number of ether oxygens (including phenoxy) is 2. The van der Waals surface area contributed by atoms with Crippen LogP contribution in [-0.2, 0) is 16.0 Å². The van der Waals surface area contributed by atoms with Crippen LogP contribution < -0.4 is 25.0 Å². The average Bonchev–Trinajstić information content (AvgIpc) is 3.11. The van der Waals surface area contributed by atoms with Gasteiger partial charge in [0.05, 0.1) is 19.9 Å². The Labute approximate surface area is 213 Å². The molecule has 36 heavy (non-hydrogen) atoms. The first kappa shape index (κ1) is 24.8. The molecule has 3 aromatic carbocycles. The Hall–Kier alpha value is -4.30. The van der Waals surface area contributed by atoms with Gasteiger partial charge in [0.15, 0.2) is 0 Å². The summed E-state index contributed by atoms with van der Waals surface area (Å²) in [6.07, 6.45) is 0.773. The molecule has 0 fully saturated rings. The molecule has 4 rings (SSSR count). The molecule has 0 aliphatic carbocycles. The third kappa shape index (κ3) is 4.76. The highest BCUT2D eigenvalue weighted by molar-refractivity contribution is 6.53. The lowest BCUT2D eigenvalue weighted by Crippen LogP contribution is -2.32. The molecule has 0 radical (unpaired) electrons. The number of halogens is 1. The second-order valence-electron chi connectivity index (χ2n) is 7.84. The van der Waals surface area contributed by atoms with Gasteiger partial charge >= 0.3 is 0 Å². The number of nitrogens with zero attached hydrogens (tertiary/aromatic N) is 1. The Bertz CT molecular complexity index is 1390. The fraction of sp³-hybridized carbons (Fsp3) is 0.148. The molecular formula is C27H24ClN3O5. The predicted molar refractivity (Wildman–Crippen MR) is 139 cm³/mol. The average molecular weight is 506 g/mol. The number of imide groups is 1. The lowest BCUT2D eigenvalue weighted by molar-refractivity contribution is -0.120. The molecule has 8 nitrogen and oxygen atoms in total. The van der Waals surface area contributed by atoms with E-state index in [0.717, 1.165) is 22.6 Å². The molecule has 1 heterocycles. The molecule has 2 N–H and O–H groups in total. The number of aryl methyl sites for hydroxylation is 1. The maximum atomic E-state index is 13.3. The van der Waals surface area contributed by atoms with Crippen LogP contribution in [0.4, 0.5) is 17.1 Å². The zero-order valence-corrected chi connectivity index (χ0v) is 20.7. The minimum atomic E-state index is -0.708. The van der Waals surface area contributed by atoms with Gasteiger partial charge in [-0.25, -0.2) is 4.90 Å². The van der Waals surface area contributed by atoms with E-state index in [4.69, 9.17) is 21.1 Å². The van der Waals surface area contributed by atoms with E-state index < -0.39 is 11.8 Å². The molecule has 3 amide bonds. The van der Waals surface area contributed by atoms with Crippen LogP contribution >= 0.6 is 11.6 Å². The van der Waals surface area contributed by atoms with Crippen LogP contribution in [-0.4, -0.2) is 31.9 Å². The van der Waals surface area contributed by atoms with E-state index in [0.29, 0.717) is 22.7 Å². The van der Waals surface area contributed by atoms with E-state index >= 15 is 0 Å². The number of rotatable bonds is 8. The van der Waals surface area contributed by atoms with Crippen molar-refractivity contribution in [2.75, 3.05) is 29.8 Å². The molecule has 0 unspecified atom stereocenters. The van der Waals surface area contributed by atoms with Gasteiger partial charge in [-0.05, 0) is 48.4 Å².